The molecule has 0 saturated heterocycles. The zero-order chi connectivity index (χ0) is 18.9. The van der Waals surface area contributed by atoms with Crippen LogP contribution in [0.15, 0.2) is 6.07 Å². The molecule has 0 aliphatic carbocycles. The molecule has 0 bridgehead atoms. The van der Waals surface area contributed by atoms with E-state index in [9.17, 15) is 22.0 Å². The molecule has 0 spiro atoms. The molecule has 0 heterocycles. The Morgan fingerprint density at radius 2 is 1.32 bits per heavy atom. The highest BCUT2D eigenvalue weighted by molar-refractivity contribution is 5.87. The molecule has 2 rings (SSSR count). The van der Waals surface area contributed by atoms with Gasteiger partial charge < -0.3 is 0 Å². The molecule has 0 atom stereocenters. The van der Waals surface area contributed by atoms with Crippen molar-refractivity contribution in [3.63, 3.8) is 0 Å². The average molecular weight is 344 g/mol. The second kappa shape index (κ2) is 6.28. The van der Waals surface area contributed by atoms with Crippen LogP contribution in [0.3, 0.4) is 0 Å². The van der Waals surface area contributed by atoms with Gasteiger partial charge in [-0.15, -0.1) is 0 Å². The molecule has 0 aromatic heterocycles. The van der Waals surface area contributed by atoms with Crippen molar-refractivity contribution in [2.45, 2.75) is 0 Å². The predicted molar refractivity (Wildman–Crippen MR) is 74.2 cm³/mol. The second-order valence-electron chi connectivity index (χ2n) is 4.43. The Kier molecular flexibility index (Phi) is 4.37. The number of fused-ring (bicyclic) bond motifs is 1. The number of halogens is 5. The lowest BCUT2D eigenvalue weighted by molar-refractivity contribution is 0.489. The lowest BCUT2D eigenvalue weighted by atomic mass is 10.0. The molecule has 0 fully saturated rings. The standard InChI is InChI=1S/C16HF5N4/c1-24-8(4-22)11-7(17)3-6-10(14(11)19)15(20)16(21)12(13(6)18)9(5-23)25-2/h3H/b11-8-,12-9-. The van der Waals surface area contributed by atoms with Crippen molar-refractivity contribution in [3.8, 4) is 12.1 Å². The Morgan fingerprint density at radius 3 is 1.80 bits per heavy atom. The fourth-order valence-electron chi connectivity index (χ4n) is 2.16. The minimum absolute atomic E-state index is 0.260. The van der Waals surface area contributed by atoms with Gasteiger partial charge in [0, 0.05) is 5.39 Å². The molecule has 0 saturated carbocycles. The highest BCUT2D eigenvalue weighted by atomic mass is 19.2. The summed E-state index contributed by atoms with van der Waals surface area (Å²) in [6.45, 7) is 13.4. The second-order valence-corrected chi connectivity index (χ2v) is 4.43. The topological polar surface area (TPSA) is 56.3 Å². The van der Waals surface area contributed by atoms with Crippen molar-refractivity contribution in [2.75, 3.05) is 0 Å². The summed E-state index contributed by atoms with van der Waals surface area (Å²) in [7, 11) is 0. The summed E-state index contributed by atoms with van der Waals surface area (Å²) in [6.07, 6.45) is 0. The quantitative estimate of drug-likeness (QED) is 0.419. The number of nitriles is 2. The van der Waals surface area contributed by atoms with Gasteiger partial charge in [0.25, 0.3) is 11.4 Å². The normalized spacial score (nSPS) is 12.5. The van der Waals surface area contributed by atoms with Crippen LogP contribution in [0, 0.1) is 64.9 Å². The van der Waals surface area contributed by atoms with Gasteiger partial charge in [-0.05, 0) is 6.07 Å². The molecule has 0 aliphatic heterocycles. The third-order valence-electron chi connectivity index (χ3n) is 3.21. The largest absolute Gasteiger partial charge is 0.274 e. The van der Waals surface area contributed by atoms with Gasteiger partial charge in [-0.25, -0.2) is 42.2 Å². The van der Waals surface area contributed by atoms with E-state index in [1.807, 2.05) is 0 Å². The highest BCUT2D eigenvalue weighted by Crippen LogP contribution is 2.24. The van der Waals surface area contributed by atoms with Gasteiger partial charge in [-0.3, -0.25) is 0 Å². The summed E-state index contributed by atoms with van der Waals surface area (Å²) in [5, 5.41) is 12.4. The lowest BCUT2D eigenvalue weighted by Crippen LogP contribution is -2.23. The van der Waals surface area contributed by atoms with Gasteiger partial charge in [-0.2, -0.15) is 0 Å². The molecule has 0 unspecified atom stereocenters. The van der Waals surface area contributed by atoms with Crippen LogP contribution in [0.2, 0.25) is 0 Å². The summed E-state index contributed by atoms with van der Waals surface area (Å²) in [5.74, 6) is -9.12. The van der Waals surface area contributed by atoms with Crippen molar-refractivity contribution < 1.29 is 22.0 Å². The predicted octanol–water partition coefficient (Wildman–Crippen LogP) is 2.64. The zero-order valence-corrected chi connectivity index (χ0v) is 11.8. The molecule has 4 nitrogen and oxygen atoms in total. The minimum atomic E-state index is -2.02. The summed E-state index contributed by atoms with van der Waals surface area (Å²) >= 11 is 0. The fourth-order valence-corrected chi connectivity index (χ4v) is 2.16. The van der Waals surface area contributed by atoms with Gasteiger partial charge in [0.15, 0.2) is 11.6 Å². The number of rotatable bonds is 0. The first-order valence-corrected chi connectivity index (χ1v) is 6.11. The molecule has 120 valence electrons. The first-order valence-electron chi connectivity index (χ1n) is 6.11. The summed E-state index contributed by atoms with van der Waals surface area (Å²) < 4.78 is 71.1. The third-order valence-corrected chi connectivity index (χ3v) is 3.21. The average Bonchev–Trinajstić information content (AvgIpc) is 2.59. The zero-order valence-electron chi connectivity index (χ0n) is 11.8. The Hall–Kier alpha value is -3.95. The van der Waals surface area contributed by atoms with Crippen molar-refractivity contribution in [3.05, 3.63) is 68.4 Å². The monoisotopic (exact) mass is 344 g/mol. The Labute approximate surface area is 136 Å². The number of nitrogens with zero attached hydrogens (tertiary/aromatic N) is 4. The first-order chi connectivity index (χ1) is 11.8. The van der Waals surface area contributed by atoms with E-state index in [4.69, 9.17) is 23.7 Å². The van der Waals surface area contributed by atoms with Crippen molar-refractivity contribution in [2.24, 2.45) is 0 Å². The van der Waals surface area contributed by atoms with E-state index in [0.29, 0.717) is 0 Å². The maximum atomic E-state index is 14.4. The van der Waals surface area contributed by atoms with Gasteiger partial charge in [0.1, 0.15) is 17.5 Å². The molecule has 0 N–H and O–H groups in total. The van der Waals surface area contributed by atoms with Crippen LogP contribution in [0.1, 0.15) is 0 Å². The van der Waals surface area contributed by atoms with Crippen molar-refractivity contribution in [1.82, 2.24) is 0 Å². The molecule has 25 heavy (non-hydrogen) atoms. The van der Waals surface area contributed by atoms with E-state index >= 15 is 0 Å². The molecule has 0 aliphatic rings. The molecule has 9 heteroatoms. The van der Waals surface area contributed by atoms with Crippen LogP contribution < -0.4 is 10.4 Å². The fraction of sp³-hybridized carbons (Fsp3) is 0. The minimum Gasteiger partial charge on any atom is -0.226 e. The lowest BCUT2D eigenvalue weighted by Gasteiger charge is -2.08. The van der Waals surface area contributed by atoms with Gasteiger partial charge in [0.05, 0.1) is 41.1 Å². The number of benzene rings is 2. The van der Waals surface area contributed by atoms with Gasteiger partial charge in [0.2, 0.25) is 0 Å². The van der Waals surface area contributed by atoms with Crippen LogP contribution in [-0.2, 0) is 0 Å². The van der Waals surface area contributed by atoms with Gasteiger partial charge in [-0.1, -0.05) is 0 Å². The Bertz CT molecular complexity index is 1200. The summed E-state index contributed by atoms with van der Waals surface area (Å²) in [4.78, 5) is 5.13. The first kappa shape index (κ1) is 17.4. The van der Waals surface area contributed by atoms with E-state index in [-0.39, 0.29) is 6.07 Å². The molecule has 2 aromatic rings. The van der Waals surface area contributed by atoms with Crippen LogP contribution in [-0.4, -0.2) is 0 Å². The van der Waals surface area contributed by atoms with E-state index in [0.717, 1.165) is 6.07 Å². The SMILES string of the molecule is [C-]#[N+]/C(C#N)=c1\c(F)c(F)c2c(F)/c(=C(/C#N)[N+]#[C-])c(F)cc2c1F. The maximum Gasteiger partial charge on any atom is 0.274 e. The summed E-state index contributed by atoms with van der Waals surface area (Å²) in [5.41, 5.74) is -2.22. The Balaban J connectivity index is 3.37. The van der Waals surface area contributed by atoms with Crippen molar-refractivity contribution >= 4 is 22.2 Å². The Morgan fingerprint density at radius 1 is 0.800 bits per heavy atom. The van der Waals surface area contributed by atoms with Crippen LogP contribution in [0.5, 0.6) is 0 Å². The number of hydrogen-bond donors (Lipinski definition) is 0. The van der Waals surface area contributed by atoms with E-state index in [1.54, 1.807) is 0 Å². The van der Waals surface area contributed by atoms with E-state index in [1.165, 1.54) is 6.07 Å². The highest BCUT2D eigenvalue weighted by Gasteiger charge is 2.24. The molecule has 0 radical (unpaired) electrons. The van der Waals surface area contributed by atoms with E-state index in [2.05, 4.69) is 9.69 Å². The van der Waals surface area contributed by atoms with Crippen LogP contribution in [0.25, 0.3) is 31.9 Å². The molecular weight excluding hydrogens is 343 g/mol. The molecule has 2 aromatic carbocycles. The maximum absolute atomic E-state index is 14.4. The van der Waals surface area contributed by atoms with Crippen LogP contribution >= 0.6 is 0 Å². The molecule has 0 amide bonds. The smallest absolute Gasteiger partial charge is 0.226 e. The molecular formula is C16HF5N4. The van der Waals surface area contributed by atoms with Gasteiger partial charge >= 0.3 is 0 Å². The van der Waals surface area contributed by atoms with Crippen LogP contribution in [0.4, 0.5) is 22.0 Å². The number of hydrogen-bond acceptors (Lipinski definition) is 2. The summed E-state index contributed by atoms with van der Waals surface area (Å²) in [6, 6.07) is 2.62. The van der Waals surface area contributed by atoms with Crippen molar-refractivity contribution in [1.29, 1.82) is 10.5 Å². The van der Waals surface area contributed by atoms with E-state index < -0.39 is 61.7 Å². The third kappa shape index (κ3) is 2.41.